The van der Waals surface area contributed by atoms with Gasteiger partial charge in [0.15, 0.2) is 0 Å². The molecule has 1 amide bonds. The van der Waals surface area contributed by atoms with Crippen molar-refractivity contribution in [2.24, 2.45) is 0 Å². The van der Waals surface area contributed by atoms with Gasteiger partial charge in [-0.3, -0.25) is 13.9 Å². The average molecular weight is 459 g/mol. The Morgan fingerprint density at radius 1 is 1.13 bits per heavy atom. The fourth-order valence-electron chi connectivity index (χ4n) is 3.01. The Morgan fingerprint density at radius 2 is 1.81 bits per heavy atom. The van der Waals surface area contributed by atoms with Crippen molar-refractivity contribution >= 4 is 39.1 Å². The van der Waals surface area contributed by atoms with Gasteiger partial charge in [0.25, 0.3) is 21.5 Å². The van der Waals surface area contributed by atoms with Crippen LogP contribution in [-0.4, -0.2) is 37.1 Å². The molecule has 162 valence electrons. The van der Waals surface area contributed by atoms with E-state index in [-0.39, 0.29) is 22.8 Å². The SMILES string of the molecule is CCN(c1ccccc1)S(=O)(=O)c1ccccc1NC(=O)c1cc(=O)[nH]c(CSC)n1. The fourth-order valence-corrected chi connectivity index (χ4v) is 5.05. The number of sulfonamides is 1. The second-order valence-electron chi connectivity index (χ2n) is 6.47. The number of hydrogen-bond acceptors (Lipinski definition) is 6. The van der Waals surface area contributed by atoms with Crippen LogP contribution in [0.4, 0.5) is 11.4 Å². The molecule has 2 aromatic carbocycles. The van der Waals surface area contributed by atoms with Crippen molar-refractivity contribution < 1.29 is 13.2 Å². The normalized spacial score (nSPS) is 11.2. The summed E-state index contributed by atoms with van der Waals surface area (Å²) in [6.07, 6.45) is 1.85. The minimum Gasteiger partial charge on any atom is -0.319 e. The lowest BCUT2D eigenvalue weighted by atomic mass is 10.3. The number of para-hydroxylation sites is 2. The molecule has 0 aliphatic heterocycles. The Kier molecular flexibility index (Phi) is 7.13. The number of benzene rings is 2. The van der Waals surface area contributed by atoms with E-state index in [2.05, 4.69) is 15.3 Å². The molecular weight excluding hydrogens is 436 g/mol. The van der Waals surface area contributed by atoms with Gasteiger partial charge in [0.05, 0.1) is 17.1 Å². The molecule has 31 heavy (non-hydrogen) atoms. The van der Waals surface area contributed by atoms with Crippen LogP contribution in [0.5, 0.6) is 0 Å². The molecule has 0 atom stereocenters. The van der Waals surface area contributed by atoms with Crippen molar-refractivity contribution in [2.45, 2.75) is 17.6 Å². The van der Waals surface area contributed by atoms with Crippen molar-refractivity contribution in [2.75, 3.05) is 22.4 Å². The Bertz CT molecular complexity index is 1230. The number of anilines is 2. The van der Waals surface area contributed by atoms with Gasteiger partial charge < -0.3 is 10.3 Å². The minimum absolute atomic E-state index is 0.0526. The van der Waals surface area contributed by atoms with E-state index in [0.717, 1.165) is 6.07 Å². The third-order valence-corrected chi connectivity index (χ3v) is 6.86. The number of thioether (sulfide) groups is 1. The number of aromatic amines is 1. The number of hydrogen-bond donors (Lipinski definition) is 2. The second kappa shape index (κ2) is 9.80. The van der Waals surface area contributed by atoms with Crippen LogP contribution in [0.25, 0.3) is 0 Å². The van der Waals surface area contributed by atoms with Crippen LogP contribution in [0.2, 0.25) is 0 Å². The first-order valence-corrected chi connectivity index (χ1v) is 12.3. The first-order chi connectivity index (χ1) is 14.9. The first kappa shape index (κ1) is 22.6. The third-order valence-electron chi connectivity index (χ3n) is 4.34. The molecule has 10 heteroatoms. The van der Waals surface area contributed by atoms with Crippen molar-refractivity contribution in [3.05, 3.63) is 82.5 Å². The summed E-state index contributed by atoms with van der Waals surface area (Å²) in [5.74, 6) is 0.135. The van der Waals surface area contributed by atoms with E-state index in [1.54, 1.807) is 49.4 Å². The van der Waals surface area contributed by atoms with E-state index in [4.69, 9.17) is 0 Å². The van der Waals surface area contributed by atoms with E-state index in [0.29, 0.717) is 17.3 Å². The monoisotopic (exact) mass is 458 g/mol. The van der Waals surface area contributed by atoms with Gasteiger partial charge in [-0.2, -0.15) is 11.8 Å². The summed E-state index contributed by atoms with van der Waals surface area (Å²) in [6.45, 7) is 1.95. The minimum atomic E-state index is -3.96. The summed E-state index contributed by atoms with van der Waals surface area (Å²) in [5, 5.41) is 2.59. The fraction of sp³-hybridized carbons (Fsp3) is 0.190. The van der Waals surface area contributed by atoms with Crippen LogP contribution < -0.4 is 15.2 Å². The van der Waals surface area contributed by atoms with E-state index in [1.807, 2.05) is 6.26 Å². The Hall–Kier alpha value is -3.11. The van der Waals surface area contributed by atoms with Gasteiger partial charge >= 0.3 is 0 Å². The van der Waals surface area contributed by atoms with Gasteiger partial charge in [-0.25, -0.2) is 13.4 Å². The molecule has 0 fully saturated rings. The molecule has 0 radical (unpaired) electrons. The molecule has 0 aliphatic carbocycles. The number of amides is 1. The number of nitrogens with zero attached hydrogens (tertiary/aromatic N) is 2. The molecule has 8 nitrogen and oxygen atoms in total. The highest BCUT2D eigenvalue weighted by atomic mass is 32.2. The van der Waals surface area contributed by atoms with E-state index >= 15 is 0 Å². The number of carbonyl (C=O) groups is 1. The molecule has 1 aromatic heterocycles. The topological polar surface area (TPSA) is 112 Å². The summed E-state index contributed by atoms with van der Waals surface area (Å²) < 4.78 is 28.1. The quantitative estimate of drug-likeness (QED) is 0.536. The molecule has 3 rings (SSSR count). The number of aromatic nitrogens is 2. The van der Waals surface area contributed by atoms with Crippen LogP contribution in [0.1, 0.15) is 23.2 Å². The van der Waals surface area contributed by atoms with Gasteiger partial charge in [-0.05, 0) is 37.4 Å². The zero-order chi connectivity index (χ0) is 22.4. The Labute approximate surface area is 184 Å². The van der Waals surface area contributed by atoms with Crippen molar-refractivity contribution in [3.8, 4) is 0 Å². The lowest BCUT2D eigenvalue weighted by Crippen LogP contribution is -2.31. The average Bonchev–Trinajstić information content (AvgIpc) is 2.75. The van der Waals surface area contributed by atoms with Gasteiger partial charge in [0.1, 0.15) is 16.4 Å². The number of H-pyrrole nitrogens is 1. The van der Waals surface area contributed by atoms with Crippen LogP contribution in [0.15, 0.2) is 70.4 Å². The highest BCUT2D eigenvalue weighted by molar-refractivity contribution is 7.97. The number of nitrogens with one attached hydrogen (secondary N) is 2. The molecular formula is C21H22N4O4S2. The van der Waals surface area contributed by atoms with Crippen molar-refractivity contribution in [1.82, 2.24) is 9.97 Å². The molecule has 3 aromatic rings. The van der Waals surface area contributed by atoms with Gasteiger partial charge in [0.2, 0.25) is 0 Å². The summed E-state index contributed by atoms with van der Waals surface area (Å²) in [6, 6.07) is 15.9. The van der Waals surface area contributed by atoms with Crippen LogP contribution in [0.3, 0.4) is 0 Å². The highest BCUT2D eigenvalue weighted by Crippen LogP contribution is 2.28. The van der Waals surface area contributed by atoms with Crippen molar-refractivity contribution in [3.63, 3.8) is 0 Å². The van der Waals surface area contributed by atoms with Gasteiger partial charge in [-0.1, -0.05) is 30.3 Å². The Balaban J connectivity index is 1.97. The molecule has 0 saturated carbocycles. The summed E-state index contributed by atoms with van der Waals surface area (Å²) >= 11 is 1.45. The predicted octanol–water partition coefficient (Wildman–Crippen LogP) is 3.10. The summed E-state index contributed by atoms with van der Waals surface area (Å²) in [4.78, 5) is 31.3. The standard InChI is InChI=1S/C21H22N4O4S2/c1-3-25(15-9-5-4-6-10-15)31(28,29)18-12-8-7-11-16(18)23-21(27)17-13-20(26)24-19(22-17)14-30-2/h4-13H,3,14H2,1-2H3,(H,23,27)(H,22,24,26). The summed E-state index contributed by atoms with van der Waals surface area (Å²) in [7, 11) is -3.96. The van der Waals surface area contributed by atoms with E-state index in [9.17, 15) is 18.0 Å². The van der Waals surface area contributed by atoms with Crippen LogP contribution in [0, 0.1) is 0 Å². The predicted molar refractivity (Wildman–Crippen MR) is 123 cm³/mol. The molecule has 0 aliphatic rings. The largest absolute Gasteiger partial charge is 0.319 e. The third kappa shape index (κ3) is 5.15. The number of carbonyl (C=O) groups excluding carboxylic acids is 1. The molecule has 0 bridgehead atoms. The smallest absolute Gasteiger partial charge is 0.274 e. The molecule has 0 spiro atoms. The summed E-state index contributed by atoms with van der Waals surface area (Å²) in [5.41, 5.74) is 0.0845. The number of rotatable bonds is 8. The maximum atomic E-state index is 13.4. The van der Waals surface area contributed by atoms with Gasteiger partial charge in [-0.15, -0.1) is 0 Å². The molecule has 1 heterocycles. The lowest BCUT2D eigenvalue weighted by molar-refractivity contribution is 0.102. The zero-order valence-corrected chi connectivity index (χ0v) is 18.7. The molecule has 0 saturated heterocycles. The maximum absolute atomic E-state index is 13.4. The van der Waals surface area contributed by atoms with E-state index < -0.39 is 21.5 Å². The van der Waals surface area contributed by atoms with E-state index in [1.165, 1.54) is 28.2 Å². The zero-order valence-electron chi connectivity index (χ0n) is 17.0. The van der Waals surface area contributed by atoms with Crippen LogP contribution >= 0.6 is 11.8 Å². The second-order valence-corrected chi connectivity index (χ2v) is 9.16. The van der Waals surface area contributed by atoms with Crippen molar-refractivity contribution in [1.29, 1.82) is 0 Å². The first-order valence-electron chi connectivity index (χ1n) is 9.44. The maximum Gasteiger partial charge on any atom is 0.274 e. The molecule has 0 unspecified atom stereocenters. The Morgan fingerprint density at radius 3 is 2.48 bits per heavy atom. The lowest BCUT2D eigenvalue weighted by Gasteiger charge is -2.24. The van der Waals surface area contributed by atoms with Gasteiger partial charge in [0, 0.05) is 12.6 Å². The highest BCUT2D eigenvalue weighted by Gasteiger charge is 2.27. The van der Waals surface area contributed by atoms with Crippen LogP contribution in [-0.2, 0) is 15.8 Å². The molecule has 2 N–H and O–H groups in total.